The van der Waals surface area contributed by atoms with Crippen molar-refractivity contribution in [3.63, 3.8) is 0 Å². The van der Waals surface area contributed by atoms with Crippen LogP contribution in [0.3, 0.4) is 0 Å². The Kier molecular flexibility index (Phi) is 3.02. The molecule has 0 unspecified atom stereocenters. The smallest absolute Gasteiger partial charge is 0.297 e. The average Bonchev–Trinajstić information content (AvgIpc) is 2.92. The van der Waals surface area contributed by atoms with Gasteiger partial charge in [-0.15, -0.1) is 11.3 Å². The molecule has 0 radical (unpaired) electrons. The maximum absolute atomic E-state index is 13.8. The molecule has 4 nitrogen and oxygen atoms in total. The van der Waals surface area contributed by atoms with Gasteiger partial charge in [-0.1, -0.05) is 11.6 Å². The monoisotopic (exact) mass is 314 g/mol. The molecule has 2 aromatic rings. The zero-order valence-corrected chi connectivity index (χ0v) is 11.3. The number of thiazole rings is 1. The summed E-state index contributed by atoms with van der Waals surface area (Å²) in [6, 6.07) is 1.71. The lowest BCUT2D eigenvalue weighted by atomic mass is 10.1. The SMILES string of the molecule is O=C1C(=O)N(Cc2cnc(Cl)s2)c2c(F)ccc(F)c21. The number of rotatable bonds is 2. The fourth-order valence-corrected chi connectivity index (χ4v) is 2.98. The van der Waals surface area contributed by atoms with Crippen molar-refractivity contribution >= 4 is 40.3 Å². The molecule has 1 aliphatic heterocycles. The maximum Gasteiger partial charge on any atom is 0.300 e. The van der Waals surface area contributed by atoms with Gasteiger partial charge in [0.2, 0.25) is 0 Å². The predicted molar refractivity (Wildman–Crippen MR) is 69.0 cm³/mol. The molecular formula is C12H5ClF2N2O2S. The number of carbonyl (C=O) groups is 2. The molecule has 0 fully saturated rings. The molecule has 102 valence electrons. The topological polar surface area (TPSA) is 50.3 Å². The van der Waals surface area contributed by atoms with E-state index in [1.165, 1.54) is 6.20 Å². The third-order valence-corrected chi connectivity index (χ3v) is 3.95. The summed E-state index contributed by atoms with van der Waals surface area (Å²) < 4.78 is 27.7. The van der Waals surface area contributed by atoms with Crippen LogP contribution in [0.2, 0.25) is 4.47 Å². The number of halogens is 3. The number of fused-ring (bicyclic) bond motifs is 1. The molecular weight excluding hydrogens is 310 g/mol. The molecule has 1 aromatic heterocycles. The van der Waals surface area contributed by atoms with Crippen LogP contribution in [0.4, 0.5) is 14.5 Å². The first-order chi connectivity index (χ1) is 9.49. The van der Waals surface area contributed by atoms with Gasteiger partial charge in [0.1, 0.15) is 11.6 Å². The summed E-state index contributed by atoms with van der Waals surface area (Å²) in [6.45, 7) is -0.0810. The Morgan fingerprint density at radius 3 is 2.60 bits per heavy atom. The number of amides is 1. The van der Waals surface area contributed by atoms with Crippen molar-refractivity contribution in [1.82, 2.24) is 4.98 Å². The van der Waals surface area contributed by atoms with E-state index in [0.29, 0.717) is 4.88 Å². The van der Waals surface area contributed by atoms with Crippen molar-refractivity contribution < 1.29 is 18.4 Å². The molecule has 0 atom stereocenters. The van der Waals surface area contributed by atoms with Crippen LogP contribution in [0.5, 0.6) is 0 Å². The molecule has 1 aromatic carbocycles. The van der Waals surface area contributed by atoms with E-state index in [1.807, 2.05) is 0 Å². The number of ketones is 1. The van der Waals surface area contributed by atoms with Gasteiger partial charge in [-0.2, -0.15) is 0 Å². The number of hydrogen-bond acceptors (Lipinski definition) is 4. The highest BCUT2D eigenvalue weighted by molar-refractivity contribution is 7.15. The van der Waals surface area contributed by atoms with Crippen LogP contribution in [0.15, 0.2) is 18.3 Å². The van der Waals surface area contributed by atoms with Crippen LogP contribution in [0.25, 0.3) is 0 Å². The second-order valence-electron chi connectivity index (χ2n) is 4.05. The Balaban J connectivity index is 2.08. The molecule has 20 heavy (non-hydrogen) atoms. The molecule has 0 saturated heterocycles. The minimum absolute atomic E-state index is 0.0810. The standard InChI is InChI=1S/C12H5ClF2N2O2S/c13-12-16-3-5(20-12)4-17-9-7(15)2-1-6(14)8(9)10(18)11(17)19/h1-3H,4H2. The fraction of sp³-hybridized carbons (Fsp3) is 0.0833. The van der Waals surface area contributed by atoms with E-state index in [9.17, 15) is 18.4 Å². The third kappa shape index (κ3) is 1.90. The largest absolute Gasteiger partial charge is 0.300 e. The molecule has 2 heterocycles. The summed E-state index contributed by atoms with van der Waals surface area (Å²) in [7, 11) is 0. The van der Waals surface area contributed by atoms with Gasteiger partial charge in [-0.3, -0.25) is 14.5 Å². The first-order valence-corrected chi connectivity index (χ1v) is 6.63. The number of nitrogens with zero attached hydrogens (tertiary/aromatic N) is 2. The molecule has 1 aliphatic rings. The molecule has 0 N–H and O–H groups in total. The quantitative estimate of drug-likeness (QED) is 0.801. The lowest BCUT2D eigenvalue weighted by Gasteiger charge is -2.15. The van der Waals surface area contributed by atoms with Crippen molar-refractivity contribution in [2.45, 2.75) is 6.54 Å². The Labute approximate surface area is 120 Å². The molecule has 1 amide bonds. The normalized spacial score (nSPS) is 14.1. The number of Topliss-reactive ketones (excluding diaryl/α,β-unsaturated/α-hetero) is 1. The van der Waals surface area contributed by atoms with Crippen molar-refractivity contribution in [1.29, 1.82) is 0 Å². The van der Waals surface area contributed by atoms with E-state index in [-0.39, 0.29) is 16.7 Å². The van der Waals surface area contributed by atoms with Crippen molar-refractivity contribution in [2.75, 3.05) is 4.90 Å². The van der Waals surface area contributed by atoms with E-state index >= 15 is 0 Å². The van der Waals surface area contributed by atoms with E-state index in [4.69, 9.17) is 11.6 Å². The predicted octanol–water partition coefficient (Wildman–Crippen LogP) is 2.80. The summed E-state index contributed by atoms with van der Waals surface area (Å²) in [5.41, 5.74) is -0.852. The van der Waals surface area contributed by atoms with E-state index in [1.54, 1.807) is 0 Å². The summed E-state index contributed by atoms with van der Waals surface area (Å²) in [5, 5.41) is 0. The van der Waals surface area contributed by atoms with Crippen molar-refractivity contribution in [3.8, 4) is 0 Å². The van der Waals surface area contributed by atoms with Gasteiger partial charge in [0, 0.05) is 11.1 Å². The number of anilines is 1. The average molecular weight is 315 g/mol. The Morgan fingerprint density at radius 1 is 1.25 bits per heavy atom. The van der Waals surface area contributed by atoms with E-state index < -0.39 is 28.9 Å². The summed E-state index contributed by atoms with van der Waals surface area (Å²) in [4.78, 5) is 28.9. The van der Waals surface area contributed by atoms with Gasteiger partial charge in [-0.05, 0) is 12.1 Å². The maximum atomic E-state index is 13.8. The minimum Gasteiger partial charge on any atom is -0.297 e. The second-order valence-corrected chi connectivity index (χ2v) is 5.75. The Morgan fingerprint density at radius 2 is 1.95 bits per heavy atom. The van der Waals surface area contributed by atoms with Crippen LogP contribution in [-0.2, 0) is 11.3 Å². The van der Waals surface area contributed by atoms with E-state index in [2.05, 4.69) is 4.98 Å². The zero-order valence-electron chi connectivity index (χ0n) is 9.69. The Bertz CT molecular complexity index is 747. The first-order valence-electron chi connectivity index (χ1n) is 5.43. The third-order valence-electron chi connectivity index (χ3n) is 2.85. The van der Waals surface area contributed by atoms with Gasteiger partial charge in [-0.25, -0.2) is 13.8 Å². The van der Waals surface area contributed by atoms with Crippen molar-refractivity contribution in [3.05, 3.63) is 44.9 Å². The summed E-state index contributed by atoms with van der Waals surface area (Å²) in [5.74, 6) is -3.75. The molecule has 0 aliphatic carbocycles. The highest BCUT2D eigenvalue weighted by Gasteiger charge is 2.40. The molecule has 0 spiro atoms. The Hall–Kier alpha value is -1.86. The van der Waals surface area contributed by atoms with Gasteiger partial charge >= 0.3 is 0 Å². The first kappa shape index (κ1) is 13.1. The number of carbonyl (C=O) groups excluding carboxylic acids is 2. The van der Waals surface area contributed by atoms with Crippen LogP contribution in [-0.4, -0.2) is 16.7 Å². The van der Waals surface area contributed by atoms with Crippen LogP contribution < -0.4 is 4.90 Å². The van der Waals surface area contributed by atoms with Crippen LogP contribution in [0.1, 0.15) is 15.2 Å². The molecule has 0 bridgehead atoms. The molecule has 0 saturated carbocycles. The number of benzene rings is 1. The van der Waals surface area contributed by atoms with Gasteiger partial charge in [0.25, 0.3) is 11.7 Å². The van der Waals surface area contributed by atoms with Crippen molar-refractivity contribution in [2.24, 2.45) is 0 Å². The highest BCUT2D eigenvalue weighted by atomic mass is 35.5. The zero-order chi connectivity index (χ0) is 14.4. The van der Waals surface area contributed by atoms with Gasteiger partial charge < -0.3 is 0 Å². The highest BCUT2D eigenvalue weighted by Crippen LogP contribution is 2.35. The lowest BCUT2D eigenvalue weighted by molar-refractivity contribution is -0.114. The molecule has 8 heteroatoms. The second kappa shape index (κ2) is 4.60. The van der Waals surface area contributed by atoms with Crippen LogP contribution in [0, 0.1) is 11.6 Å². The number of aromatic nitrogens is 1. The summed E-state index contributed by atoms with van der Waals surface area (Å²) in [6.07, 6.45) is 1.42. The lowest BCUT2D eigenvalue weighted by Crippen LogP contribution is -2.29. The minimum atomic E-state index is -1.05. The van der Waals surface area contributed by atoms with Crippen LogP contribution >= 0.6 is 22.9 Å². The number of hydrogen-bond donors (Lipinski definition) is 0. The van der Waals surface area contributed by atoms with Gasteiger partial charge in [0.05, 0.1) is 17.8 Å². The fourth-order valence-electron chi connectivity index (χ4n) is 2.02. The molecule has 3 rings (SSSR count). The van der Waals surface area contributed by atoms with E-state index in [0.717, 1.165) is 28.4 Å². The van der Waals surface area contributed by atoms with Gasteiger partial charge in [0.15, 0.2) is 4.47 Å². The summed E-state index contributed by atoms with van der Waals surface area (Å²) >= 11 is 6.77.